The largest absolute Gasteiger partial charge is 0.492 e. The van der Waals surface area contributed by atoms with Crippen LogP contribution in [0.4, 0.5) is 0 Å². The average Bonchev–Trinajstić information content (AvgIpc) is 2.52. The minimum atomic E-state index is 0.398. The zero-order chi connectivity index (χ0) is 15.3. The van der Waals surface area contributed by atoms with E-state index in [9.17, 15) is 0 Å². The maximum absolute atomic E-state index is 5.69. The number of nitrogens with one attached hydrogen (secondary N) is 1. The summed E-state index contributed by atoms with van der Waals surface area (Å²) in [5, 5.41) is 3.58. The van der Waals surface area contributed by atoms with Gasteiger partial charge in [0, 0.05) is 12.2 Å². The van der Waals surface area contributed by atoms with Crippen molar-refractivity contribution in [2.75, 3.05) is 13.2 Å². The highest BCUT2D eigenvalue weighted by atomic mass is 16.5. The first-order valence-electron chi connectivity index (χ1n) is 8.62. The van der Waals surface area contributed by atoms with Gasteiger partial charge in [-0.25, -0.2) is 0 Å². The highest BCUT2D eigenvalue weighted by molar-refractivity contribution is 5.26. The fraction of sp³-hybridized carbons (Fsp3) is 0.722. The van der Waals surface area contributed by atoms with Crippen molar-refractivity contribution in [3.63, 3.8) is 0 Å². The van der Waals surface area contributed by atoms with Crippen molar-refractivity contribution in [3.05, 3.63) is 24.0 Å². The number of ether oxygens (including phenoxy) is 1. The molecule has 0 aliphatic heterocycles. The molecule has 1 aromatic rings. The molecule has 120 valence electrons. The summed E-state index contributed by atoms with van der Waals surface area (Å²) >= 11 is 0. The molecule has 1 rings (SSSR count). The van der Waals surface area contributed by atoms with Crippen molar-refractivity contribution in [1.82, 2.24) is 10.3 Å². The molecule has 3 nitrogen and oxygen atoms in total. The standard InChI is InChI=1S/C18H32N2O/c1-4-7-8-9-10-11-18(20-6-3)16-13-17(15-19-14-16)21-12-5-2/h13-15,18,20H,4-12H2,1-3H3. The van der Waals surface area contributed by atoms with Crippen LogP contribution in [0.15, 0.2) is 18.5 Å². The van der Waals surface area contributed by atoms with Crippen LogP contribution in [-0.2, 0) is 0 Å². The highest BCUT2D eigenvalue weighted by Crippen LogP contribution is 2.23. The fourth-order valence-corrected chi connectivity index (χ4v) is 2.51. The van der Waals surface area contributed by atoms with E-state index in [1.165, 1.54) is 44.1 Å². The lowest BCUT2D eigenvalue weighted by Gasteiger charge is -2.18. The molecular weight excluding hydrogens is 260 g/mol. The van der Waals surface area contributed by atoms with E-state index in [1.807, 2.05) is 12.4 Å². The molecule has 0 fully saturated rings. The Labute approximate surface area is 130 Å². The van der Waals surface area contributed by atoms with Crippen LogP contribution in [0.1, 0.15) is 77.3 Å². The van der Waals surface area contributed by atoms with E-state index in [1.54, 1.807) is 0 Å². The molecule has 0 bridgehead atoms. The Balaban J connectivity index is 2.53. The molecule has 0 aliphatic rings. The number of pyridine rings is 1. The SMILES string of the molecule is CCCCCCCC(NCC)c1cncc(OCCC)c1. The van der Waals surface area contributed by atoms with E-state index in [0.717, 1.165) is 25.3 Å². The first-order valence-corrected chi connectivity index (χ1v) is 8.62. The summed E-state index contributed by atoms with van der Waals surface area (Å²) in [6.45, 7) is 8.28. The van der Waals surface area contributed by atoms with Crippen LogP contribution in [0.3, 0.4) is 0 Å². The van der Waals surface area contributed by atoms with Crippen LogP contribution in [0.25, 0.3) is 0 Å². The topological polar surface area (TPSA) is 34.2 Å². The minimum absolute atomic E-state index is 0.398. The van der Waals surface area contributed by atoms with Gasteiger partial charge in [0.05, 0.1) is 12.8 Å². The van der Waals surface area contributed by atoms with Crippen LogP contribution in [0, 0.1) is 0 Å². The summed E-state index contributed by atoms with van der Waals surface area (Å²) < 4.78 is 5.69. The van der Waals surface area contributed by atoms with E-state index < -0.39 is 0 Å². The predicted molar refractivity (Wildman–Crippen MR) is 89.8 cm³/mol. The predicted octanol–water partition coefficient (Wildman–Crippen LogP) is 4.88. The molecule has 0 saturated heterocycles. The van der Waals surface area contributed by atoms with Gasteiger partial charge >= 0.3 is 0 Å². The summed E-state index contributed by atoms with van der Waals surface area (Å²) in [4.78, 5) is 4.33. The van der Waals surface area contributed by atoms with Crippen LogP contribution in [0.2, 0.25) is 0 Å². The van der Waals surface area contributed by atoms with Crippen LogP contribution in [0.5, 0.6) is 5.75 Å². The number of rotatable bonds is 12. The molecule has 0 saturated carbocycles. The Bertz CT molecular complexity index is 368. The lowest BCUT2D eigenvalue weighted by Crippen LogP contribution is -2.21. The zero-order valence-corrected chi connectivity index (χ0v) is 14.0. The van der Waals surface area contributed by atoms with E-state index in [0.29, 0.717) is 6.04 Å². The van der Waals surface area contributed by atoms with Gasteiger partial charge in [-0.2, -0.15) is 0 Å². The molecule has 0 aromatic carbocycles. The van der Waals surface area contributed by atoms with Gasteiger partial charge in [0.2, 0.25) is 0 Å². The van der Waals surface area contributed by atoms with Crippen LogP contribution >= 0.6 is 0 Å². The van der Waals surface area contributed by atoms with E-state index in [-0.39, 0.29) is 0 Å². The van der Waals surface area contributed by atoms with Gasteiger partial charge in [0.15, 0.2) is 0 Å². The van der Waals surface area contributed by atoms with Crippen LogP contribution in [-0.4, -0.2) is 18.1 Å². The van der Waals surface area contributed by atoms with Gasteiger partial charge in [-0.15, -0.1) is 0 Å². The van der Waals surface area contributed by atoms with E-state index in [4.69, 9.17) is 4.74 Å². The van der Waals surface area contributed by atoms with Crippen molar-refractivity contribution in [3.8, 4) is 5.75 Å². The molecule has 1 aromatic heterocycles. The molecular formula is C18H32N2O. The van der Waals surface area contributed by atoms with E-state index >= 15 is 0 Å². The number of nitrogens with zero attached hydrogens (tertiary/aromatic N) is 1. The van der Waals surface area contributed by atoms with Gasteiger partial charge in [0.1, 0.15) is 5.75 Å². The summed E-state index contributed by atoms with van der Waals surface area (Å²) in [7, 11) is 0. The third kappa shape index (κ3) is 7.47. The van der Waals surface area contributed by atoms with Gasteiger partial charge in [-0.1, -0.05) is 52.9 Å². The van der Waals surface area contributed by atoms with Crippen molar-refractivity contribution in [1.29, 1.82) is 0 Å². The normalized spacial score (nSPS) is 12.3. The van der Waals surface area contributed by atoms with Crippen molar-refractivity contribution >= 4 is 0 Å². The molecule has 1 atom stereocenters. The molecule has 1 unspecified atom stereocenters. The Morgan fingerprint density at radius 1 is 1.05 bits per heavy atom. The Morgan fingerprint density at radius 2 is 1.86 bits per heavy atom. The molecule has 0 aliphatic carbocycles. The van der Waals surface area contributed by atoms with Gasteiger partial charge < -0.3 is 10.1 Å². The maximum Gasteiger partial charge on any atom is 0.137 e. The zero-order valence-electron chi connectivity index (χ0n) is 14.0. The molecule has 3 heteroatoms. The number of hydrogen-bond donors (Lipinski definition) is 1. The summed E-state index contributed by atoms with van der Waals surface area (Å²) in [5.41, 5.74) is 1.25. The monoisotopic (exact) mass is 292 g/mol. The third-order valence-electron chi connectivity index (χ3n) is 3.66. The van der Waals surface area contributed by atoms with Gasteiger partial charge in [-0.05, 0) is 31.0 Å². The van der Waals surface area contributed by atoms with Crippen LogP contribution < -0.4 is 10.1 Å². The quantitative estimate of drug-likeness (QED) is 0.557. The van der Waals surface area contributed by atoms with E-state index in [2.05, 4.69) is 37.1 Å². The summed E-state index contributed by atoms with van der Waals surface area (Å²) in [6, 6.07) is 2.54. The Hall–Kier alpha value is -1.09. The van der Waals surface area contributed by atoms with Gasteiger partial charge in [0.25, 0.3) is 0 Å². The molecule has 21 heavy (non-hydrogen) atoms. The lowest BCUT2D eigenvalue weighted by atomic mass is 10.0. The van der Waals surface area contributed by atoms with Gasteiger partial charge in [-0.3, -0.25) is 4.98 Å². The molecule has 0 spiro atoms. The molecule has 1 N–H and O–H groups in total. The van der Waals surface area contributed by atoms with Crippen molar-refractivity contribution < 1.29 is 4.74 Å². The second kappa shape index (κ2) is 11.6. The highest BCUT2D eigenvalue weighted by Gasteiger charge is 2.11. The van der Waals surface area contributed by atoms with Crippen molar-refractivity contribution in [2.45, 2.75) is 71.8 Å². The smallest absolute Gasteiger partial charge is 0.137 e. The first-order chi connectivity index (χ1) is 10.3. The Kier molecular flexibility index (Phi) is 9.88. The first kappa shape index (κ1) is 18.0. The summed E-state index contributed by atoms with van der Waals surface area (Å²) in [5.74, 6) is 0.892. The molecule has 0 radical (unpaired) electrons. The fourth-order valence-electron chi connectivity index (χ4n) is 2.51. The second-order valence-corrected chi connectivity index (χ2v) is 5.62. The number of aromatic nitrogens is 1. The Morgan fingerprint density at radius 3 is 2.57 bits per heavy atom. The molecule has 1 heterocycles. The lowest BCUT2D eigenvalue weighted by molar-refractivity contribution is 0.315. The number of unbranched alkanes of at least 4 members (excludes halogenated alkanes) is 4. The third-order valence-corrected chi connectivity index (χ3v) is 3.66. The van der Waals surface area contributed by atoms with Crippen molar-refractivity contribution in [2.24, 2.45) is 0 Å². The summed E-state index contributed by atoms with van der Waals surface area (Å²) in [6.07, 6.45) is 12.6. The number of hydrogen-bond acceptors (Lipinski definition) is 3. The molecule has 0 amide bonds. The minimum Gasteiger partial charge on any atom is -0.492 e. The average molecular weight is 292 g/mol. The maximum atomic E-state index is 5.69. The second-order valence-electron chi connectivity index (χ2n) is 5.62.